The minimum atomic E-state index is 0.105. The number of amides is 1. The third kappa shape index (κ3) is 4.51. The first kappa shape index (κ1) is 17.7. The lowest BCUT2D eigenvalue weighted by molar-refractivity contribution is -0.934. The van der Waals surface area contributed by atoms with Gasteiger partial charge in [0.05, 0.1) is 32.2 Å². The van der Waals surface area contributed by atoms with E-state index in [0.29, 0.717) is 0 Å². The molecular weight excluding hydrogens is 368 g/mol. The second-order valence-corrected chi connectivity index (χ2v) is 8.07. The first-order valence-corrected chi connectivity index (χ1v) is 9.93. The summed E-state index contributed by atoms with van der Waals surface area (Å²) < 4.78 is 6.63. The third-order valence-electron chi connectivity index (χ3n) is 5.57. The molecule has 1 saturated heterocycles. The highest BCUT2D eigenvalue weighted by molar-refractivity contribution is 9.10. The fourth-order valence-electron chi connectivity index (χ4n) is 4.10. The minimum Gasteiger partial charge on any atom is -0.484 e. The van der Waals surface area contributed by atoms with Crippen molar-refractivity contribution in [1.82, 2.24) is 4.90 Å². The predicted molar refractivity (Wildman–Crippen MR) is 98.3 cm³/mol. The molecule has 1 amide bonds. The number of nitrogens with zero attached hydrogens (tertiary/aromatic N) is 1. The van der Waals surface area contributed by atoms with Gasteiger partial charge in [-0.3, -0.25) is 4.79 Å². The fourth-order valence-corrected chi connectivity index (χ4v) is 4.37. The Morgan fingerprint density at radius 2 is 1.88 bits per heavy atom. The van der Waals surface area contributed by atoms with Gasteiger partial charge in [0.2, 0.25) is 0 Å². The summed E-state index contributed by atoms with van der Waals surface area (Å²) in [6, 6.07) is 8.41. The average Bonchev–Trinajstić information content (AvgIpc) is 2.61. The SMILES string of the molecule is C[C@H]1CCCC[C@H]1[NH+]1CCN(C(=O)COc2ccc(Br)cc2)CC1. The average molecular weight is 396 g/mol. The van der Waals surface area contributed by atoms with Crippen molar-refractivity contribution in [3.8, 4) is 5.75 Å². The van der Waals surface area contributed by atoms with Crippen LogP contribution in [0.5, 0.6) is 5.75 Å². The van der Waals surface area contributed by atoms with Gasteiger partial charge in [-0.2, -0.15) is 0 Å². The van der Waals surface area contributed by atoms with Crippen LogP contribution in [-0.2, 0) is 4.79 Å². The molecule has 2 atom stereocenters. The number of carbonyl (C=O) groups is 1. The van der Waals surface area contributed by atoms with E-state index in [1.165, 1.54) is 25.7 Å². The lowest BCUT2D eigenvalue weighted by atomic mass is 9.84. The van der Waals surface area contributed by atoms with Crippen molar-refractivity contribution in [1.29, 1.82) is 0 Å². The van der Waals surface area contributed by atoms with E-state index in [4.69, 9.17) is 4.74 Å². The molecule has 1 N–H and O–H groups in total. The Hall–Kier alpha value is -1.07. The van der Waals surface area contributed by atoms with E-state index in [1.54, 1.807) is 4.90 Å². The number of rotatable bonds is 4. The van der Waals surface area contributed by atoms with Crippen LogP contribution in [0.1, 0.15) is 32.6 Å². The van der Waals surface area contributed by atoms with Gasteiger partial charge < -0.3 is 14.5 Å². The number of quaternary nitrogens is 1. The van der Waals surface area contributed by atoms with Gasteiger partial charge in [0, 0.05) is 10.4 Å². The molecule has 1 saturated carbocycles. The third-order valence-corrected chi connectivity index (χ3v) is 6.10. The van der Waals surface area contributed by atoms with Crippen molar-refractivity contribution in [2.75, 3.05) is 32.8 Å². The number of hydrogen-bond acceptors (Lipinski definition) is 2. The van der Waals surface area contributed by atoms with Gasteiger partial charge >= 0.3 is 0 Å². The Morgan fingerprint density at radius 3 is 2.54 bits per heavy atom. The summed E-state index contributed by atoms with van der Waals surface area (Å²) in [5, 5.41) is 0. The smallest absolute Gasteiger partial charge is 0.260 e. The normalized spacial score (nSPS) is 25.5. The van der Waals surface area contributed by atoms with Crippen molar-refractivity contribution >= 4 is 21.8 Å². The van der Waals surface area contributed by atoms with Crippen LogP contribution in [0.15, 0.2) is 28.7 Å². The summed E-state index contributed by atoms with van der Waals surface area (Å²) in [5.74, 6) is 1.68. The molecule has 4 nitrogen and oxygen atoms in total. The Kier molecular flexibility index (Phi) is 6.17. The van der Waals surface area contributed by atoms with Crippen LogP contribution in [0.2, 0.25) is 0 Å². The van der Waals surface area contributed by atoms with Crippen LogP contribution < -0.4 is 9.64 Å². The second kappa shape index (κ2) is 8.34. The van der Waals surface area contributed by atoms with Crippen LogP contribution in [0.3, 0.4) is 0 Å². The molecule has 3 rings (SSSR count). The zero-order chi connectivity index (χ0) is 16.9. The summed E-state index contributed by atoms with van der Waals surface area (Å²) in [6.07, 6.45) is 5.50. The number of ether oxygens (including phenoxy) is 1. The highest BCUT2D eigenvalue weighted by Gasteiger charge is 2.33. The first-order valence-electron chi connectivity index (χ1n) is 9.14. The quantitative estimate of drug-likeness (QED) is 0.846. The molecule has 0 spiro atoms. The van der Waals surface area contributed by atoms with Crippen molar-refractivity contribution in [2.24, 2.45) is 5.92 Å². The Balaban J connectivity index is 1.44. The molecule has 5 heteroatoms. The summed E-state index contributed by atoms with van der Waals surface area (Å²) in [4.78, 5) is 16.0. The van der Waals surface area contributed by atoms with Crippen LogP contribution >= 0.6 is 15.9 Å². The van der Waals surface area contributed by atoms with Gasteiger partial charge in [-0.1, -0.05) is 29.3 Å². The fraction of sp³-hybridized carbons (Fsp3) is 0.632. The van der Waals surface area contributed by atoms with Gasteiger partial charge in [0.1, 0.15) is 5.75 Å². The Labute approximate surface area is 153 Å². The first-order chi connectivity index (χ1) is 11.6. The van der Waals surface area contributed by atoms with E-state index >= 15 is 0 Å². The number of halogens is 1. The lowest BCUT2D eigenvalue weighted by Gasteiger charge is -2.40. The van der Waals surface area contributed by atoms with E-state index in [0.717, 1.165) is 48.4 Å². The Morgan fingerprint density at radius 1 is 1.21 bits per heavy atom. The van der Waals surface area contributed by atoms with Crippen LogP contribution in [0.25, 0.3) is 0 Å². The largest absolute Gasteiger partial charge is 0.484 e. The summed E-state index contributed by atoms with van der Waals surface area (Å²) in [6.45, 7) is 6.43. The molecule has 132 valence electrons. The number of carbonyl (C=O) groups excluding carboxylic acids is 1. The summed E-state index contributed by atoms with van der Waals surface area (Å²) in [7, 11) is 0. The van der Waals surface area contributed by atoms with Gasteiger partial charge in [-0.05, 0) is 43.5 Å². The maximum atomic E-state index is 12.4. The van der Waals surface area contributed by atoms with Gasteiger partial charge in [0.25, 0.3) is 5.91 Å². The molecule has 1 aromatic carbocycles. The molecule has 0 aromatic heterocycles. The zero-order valence-electron chi connectivity index (χ0n) is 14.5. The number of hydrogen-bond donors (Lipinski definition) is 1. The van der Waals surface area contributed by atoms with Crippen molar-refractivity contribution < 1.29 is 14.4 Å². The molecule has 2 aliphatic rings. The standard InChI is InChI=1S/C19H27BrN2O2/c1-15-4-2-3-5-18(15)21-10-12-22(13-11-21)19(23)14-24-17-8-6-16(20)7-9-17/h6-9,15,18H,2-5,10-14H2,1H3/p+1/t15-,18+/m0/s1. The van der Waals surface area contributed by atoms with Crippen LogP contribution in [-0.4, -0.2) is 49.6 Å². The molecule has 1 aliphatic heterocycles. The highest BCUT2D eigenvalue weighted by atomic mass is 79.9. The van der Waals surface area contributed by atoms with Gasteiger partial charge in [-0.25, -0.2) is 0 Å². The molecular formula is C19H28BrN2O2+. The van der Waals surface area contributed by atoms with E-state index in [1.807, 2.05) is 29.2 Å². The van der Waals surface area contributed by atoms with Crippen molar-refractivity contribution in [3.05, 3.63) is 28.7 Å². The molecule has 0 radical (unpaired) electrons. The van der Waals surface area contributed by atoms with Crippen molar-refractivity contribution in [2.45, 2.75) is 38.6 Å². The molecule has 2 fully saturated rings. The van der Waals surface area contributed by atoms with E-state index in [9.17, 15) is 4.79 Å². The summed E-state index contributed by atoms with van der Waals surface area (Å²) in [5.41, 5.74) is 0. The number of nitrogens with one attached hydrogen (secondary N) is 1. The molecule has 1 heterocycles. The predicted octanol–water partition coefficient (Wildman–Crippen LogP) is 2.13. The monoisotopic (exact) mass is 395 g/mol. The van der Waals surface area contributed by atoms with Crippen LogP contribution in [0.4, 0.5) is 0 Å². The number of benzene rings is 1. The summed E-state index contributed by atoms with van der Waals surface area (Å²) >= 11 is 3.40. The number of piperazine rings is 1. The van der Waals surface area contributed by atoms with Crippen molar-refractivity contribution in [3.63, 3.8) is 0 Å². The maximum absolute atomic E-state index is 12.4. The molecule has 0 unspecified atom stereocenters. The van der Waals surface area contributed by atoms with Crippen LogP contribution in [0, 0.1) is 5.92 Å². The Bertz CT molecular complexity index is 541. The topological polar surface area (TPSA) is 34.0 Å². The lowest BCUT2D eigenvalue weighted by Crippen LogP contribution is -3.19. The van der Waals surface area contributed by atoms with Gasteiger partial charge in [-0.15, -0.1) is 0 Å². The highest BCUT2D eigenvalue weighted by Crippen LogP contribution is 2.22. The molecule has 24 heavy (non-hydrogen) atoms. The van der Waals surface area contributed by atoms with E-state index in [-0.39, 0.29) is 12.5 Å². The van der Waals surface area contributed by atoms with E-state index < -0.39 is 0 Å². The molecule has 0 bridgehead atoms. The zero-order valence-corrected chi connectivity index (χ0v) is 16.1. The molecule has 1 aromatic rings. The van der Waals surface area contributed by atoms with E-state index in [2.05, 4.69) is 22.9 Å². The molecule has 1 aliphatic carbocycles. The minimum absolute atomic E-state index is 0.105. The second-order valence-electron chi connectivity index (χ2n) is 7.15. The van der Waals surface area contributed by atoms with Gasteiger partial charge in [0.15, 0.2) is 6.61 Å². The maximum Gasteiger partial charge on any atom is 0.260 e.